The molecule has 0 aromatic carbocycles. The molecule has 1 saturated heterocycles. The summed E-state index contributed by atoms with van der Waals surface area (Å²) in [6.45, 7) is 2.02. The Balaban J connectivity index is 1.77. The van der Waals surface area contributed by atoms with E-state index in [2.05, 4.69) is 20.5 Å². The van der Waals surface area contributed by atoms with Crippen LogP contribution in [0.5, 0.6) is 0 Å². The first-order valence-corrected chi connectivity index (χ1v) is 7.41. The van der Waals surface area contributed by atoms with E-state index in [-0.39, 0.29) is 17.9 Å². The minimum atomic E-state index is -0.178. The number of hydrogen-bond donors (Lipinski definition) is 3. The van der Waals surface area contributed by atoms with Crippen LogP contribution in [0.15, 0.2) is 5.38 Å². The molecule has 0 aliphatic carbocycles. The molecule has 1 aromatic rings. The van der Waals surface area contributed by atoms with Crippen LogP contribution in [0.2, 0.25) is 0 Å². The van der Waals surface area contributed by atoms with Gasteiger partial charge >= 0.3 is 0 Å². The van der Waals surface area contributed by atoms with Crippen molar-refractivity contribution in [1.82, 2.24) is 20.5 Å². The lowest BCUT2D eigenvalue weighted by Crippen LogP contribution is -2.47. The standard InChI is InChI=1S/C12H19N5O2S/c1-14-10(18)6-17-4-2-8(3-5-17)15-11(19)9-7-20-12(13)16-9/h7-8H,2-6H2,1H3,(H2,13,16)(H,14,18)(H,15,19). The Morgan fingerprint density at radius 2 is 2.20 bits per heavy atom. The zero-order valence-electron chi connectivity index (χ0n) is 11.4. The topological polar surface area (TPSA) is 100 Å². The molecule has 1 aromatic heterocycles. The van der Waals surface area contributed by atoms with Crippen LogP contribution in [0.1, 0.15) is 23.3 Å². The molecule has 110 valence electrons. The van der Waals surface area contributed by atoms with Gasteiger partial charge in [0.2, 0.25) is 5.91 Å². The predicted molar refractivity (Wildman–Crippen MR) is 77.5 cm³/mol. The van der Waals surface area contributed by atoms with E-state index < -0.39 is 0 Å². The van der Waals surface area contributed by atoms with Crippen LogP contribution in [-0.2, 0) is 4.79 Å². The average Bonchev–Trinajstić information content (AvgIpc) is 2.87. The Hall–Kier alpha value is -1.67. The normalized spacial score (nSPS) is 16.9. The van der Waals surface area contributed by atoms with Gasteiger partial charge in [0, 0.05) is 31.6 Å². The number of nitrogens with one attached hydrogen (secondary N) is 2. The number of piperidine rings is 1. The smallest absolute Gasteiger partial charge is 0.271 e. The second-order valence-corrected chi connectivity index (χ2v) is 5.66. The first-order valence-electron chi connectivity index (χ1n) is 6.53. The molecule has 0 unspecified atom stereocenters. The van der Waals surface area contributed by atoms with Crippen LogP contribution >= 0.6 is 11.3 Å². The zero-order valence-corrected chi connectivity index (χ0v) is 12.2. The molecule has 0 radical (unpaired) electrons. The van der Waals surface area contributed by atoms with Gasteiger partial charge in [-0.25, -0.2) is 4.98 Å². The number of likely N-dealkylation sites (tertiary alicyclic amines) is 1. The third-order valence-electron chi connectivity index (χ3n) is 3.32. The molecular formula is C12H19N5O2S. The Morgan fingerprint density at radius 1 is 1.50 bits per heavy atom. The van der Waals surface area contributed by atoms with Gasteiger partial charge < -0.3 is 16.4 Å². The molecule has 0 bridgehead atoms. The Morgan fingerprint density at radius 3 is 2.75 bits per heavy atom. The van der Waals surface area contributed by atoms with Crippen LogP contribution < -0.4 is 16.4 Å². The van der Waals surface area contributed by atoms with Crippen molar-refractivity contribution in [2.24, 2.45) is 0 Å². The molecule has 2 rings (SSSR count). The van der Waals surface area contributed by atoms with Crippen LogP contribution in [0.3, 0.4) is 0 Å². The first-order chi connectivity index (χ1) is 9.58. The quantitative estimate of drug-likeness (QED) is 0.706. The number of carbonyl (C=O) groups is 2. The van der Waals surface area contributed by atoms with Gasteiger partial charge in [-0.05, 0) is 12.8 Å². The second kappa shape index (κ2) is 6.67. The predicted octanol–water partition coefficient (Wildman–Crippen LogP) is -0.334. The van der Waals surface area contributed by atoms with Gasteiger partial charge in [0.1, 0.15) is 5.69 Å². The second-order valence-electron chi connectivity index (χ2n) is 4.77. The fourth-order valence-corrected chi connectivity index (χ4v) is 2.71. The van der Waals surface area contributed by atoms with Gasteiger partial charge in [-0.15, -0.1) is 11.3 Å². The van der Waals surface area contributed by atoms with Crippen molar-refractivity contribution >= 4 is 28.3 Å². The lowest BCUT2D eigenvalue weighted by Gasteiger charge is -2.31. The largest absolute Gasteiger partial charge is 0.375 e. The molecular weight excluding hydrogens is 278 g/mol. The van der Waals surface area contributed by atoms with Crippen LogP contribution in [0.25, 0.3) is 0 Å². The third-order valence-corrected chi connectivity index (χ3v) is 4.00. The Kier molecular flexibility index (Phi) is 4.91. The van der Waals surface area contributed by atoms with Crippen molar-refractivity contribution in [2.45, 2.75) is 18.9 Å². The number of thiazole rings is 1. The van der Waals surface area contributed by atoms with E-state index in [1.807, 2.05) is 0 Å². The summed E-state index contributed by atoms with van der Waals surface area (Å²) < 4.78 is 0. The molecule has 4 N–H and O–H groups in total. The van der Waals surface area contributed by atoms with E-state index in [1.165, 1.54) is 11.3 Å². The molecule has 20 heavy (non-hydrogen) atoms. The summed E-state index contributed by atoms with van der Waals surface area (Å²) in [6.07, 6.45) is 1.67. The number of aromatic nitrogens is 1. The van der Waals surface area contributed by atoms with Gasteiger partial charge in [-0.3, -0.25) is 14.5 Å². The zero-order chi connectivity index (χ0) is 14.5. The van der Waals surface area contributed by atoms with E-state index in [1.54, 1.807) is 12.4 Å². The summed E-state index contributed by atoms with van der Waals surface area (Å²) in [4.78, 5) is 29.3. The van der Waals surface area contributed by atoms with Gasteiger partial charge in [0.25, 0.3) is 5.91 Å². The van der Waals surface area contributed by atoms with Crippen molar-refractivity contribution in [2.75, 3.05) is 32.4 Å². The lowest BCUT2D eigenvalue weighted by atomic mass is 10.0. The molecule has 1 aliphatic rings. The summed E-state index contributed by atoms with van der Waals surface area (Å²) in [5, 5.41) is 7.63. The lowest BCUT2D eigenvalue weighted by molar-refractivity contribution is -0.122. The maximum atomic E-state index is 11.9. The molecule has 1 fully saturated rings. The van der Waals surface area contributed by atoms with Crippen LogP contribution in [0, 0.1) is 0 Å². The number of nitrogen functional groups attached to an aromatic ring is 1. The number of rotatable bonds is 4. The van der Waals surface area contributed by atoms with Crippen molar-refractivity contribution in [1.29, 1.82) is 0 Å². The van der Waals surface area contributed by atoms with E-state index in [9.17, 15) is 9.59 Å². The van der Waals surface area contributed by atoms with Gasteiger partial charge in [0.15, 0.2) is 5.13 Å². The number of amides is 2. The third kappa shape index (κ3) is 3.91. The summed E-state index contributed by atoms with van der Waals surface area (Å²) in [7, 11) is 1.63. The molecule has 2 heterocycles. The molecule has 1 aliphatic heterocycles. The minimum absolute atomic E-state index is 0.0189. The first kappa shape index (κ1) is 14.7. The number of likely N-dealkylation sites (N-methyl/N-ethyl adjacent to an activating group) is 1. The molecule has 7 nitrogen and oxygen atoms in total. The number of anilines is 1. The van der Waals surface area contributed by atoms with Crippen molar-refractivity contribution in [3.63, 3.8) is 0 Å². The maximum absolute atomic E-state index is 11.9. The number of carbonyl (C=O) groups excluding carboxylic acids is 2. The average molecular weight is 297 g/mol. The summed E-state index contributed by atoms with van der Waals surface area (Å²) in [6, 6.07) is 0.131. The molecule has 0 saturated carbocycles. The summed E-state index contributed by atoms with van der Waals surface area (Å²) in [5.74, 6) is -0.159. The van der Waals surface area contributed by atoms with E-state index in [4.69, 9.17) is 5.73 Å². The number of hydrogen-bond acceptors (Lipinski definition) is 6. The summed E-state index contributed by atoms with van der Waals surface area (Å²) in [5.41, 5.74) is 5.89. The van der Waals surface area contributed by atoms with Crippen molar-refractivity contribution in [3.05, 3.63) is 11.1 Å². The SMILES string of the molecule is CNC(=O)CN1CCC(NC(=O)c2csc(N)n2)CC1. The van der Waals surface area contributed by atoms with Gasteiger partial charge in [-0.1, -0.05) is 0 Å². The van der Waals surface area contributed by atoms with E-state index in [0.717, 1.165) is 25.9 Å². The fourth-order valence-electron chi connectivity index (χ4n) is 2.17. The highest BCUT2D eigenvalue weighted by Crippen LogP contribution is 2.13. The van der Waals surface area contributed by atoms with Crippen LogP contribution in [0.4, 0.5) is 5.13 Å². The minimum Gasteiger partial charge on any atom is -0.375 e. The molecule has 0 spiro atoms. The monoisotopic (exact) mass is 297 g/mol. The molecule has 0 atom stereocenters. The van der Waals surface area contributed by atoms with Crippen molar-refractivity contribution in [3.8, 4) is 0 Å². The maximum Gasteiger partial charge on any atom is 0.271 e. The molecule has 2 amide bonds. The van der Waals surface area contributed by atoms with Gasteiger partial charge in [-0.2, -0.15) is 0 Å². The summed E-state index contributed by atoms with van der Waals surface area (Å²) >= 11 is 1.26. The highest BCUT2D eigenvalue weighted by Gasteiger charge is 2.22. The Labute approximate surface area is 121 Å². The fraction of sp³-hybridized carbons (Fsp3) is 0.583. The number of nitrogens with zero attached hydrogens (tertiary/aromatic N) is 2. The van der Waals surface area contributed by atoms with E-state index >= 15 is 0 Å². The number of nitrogens with two attached hydrogens (primary N) is 1. The van der Waals surface area contributed by atoms with Crippen molar-refractivity contribution < 1.29 is 9.59 Å². The van der Waals surface area contributed by atoms with E-state index in [0.29, 0.717) is 17.4 Å². The highest BCUT2D eigenvalue weighted by atomic mass is 32.1. The Bertz CT molecular complexity index is 482. The highest BCUT2D eigenvalue weighted by molar-refractivity contribution is 7.13. The molecule has 8 heteroatoms. The van der Waals surface area contributed by atoms with Gasteiger partial charge in [0.05, 0.1) is 6.54 Å². The van der Waals surface area contributed by atoms with Crippen LogP contribution in [-0.4, -0.2) is 54.4 Å².